The molecule has 1 saturated heterocycles. The maximum absolute atomic E-state index is 12.6. The molecule has 6 nitrogen and oxygen atoms in total. The molecular weight excluding hydrogens is 352 g/mol. The van der Waals surface area contributed by atoms with E-state index >= 15 is 0 Å². The van der Waals surface area contributed by atoms with E-state index < -0.39 is 18.1 Å². The Bertz CT molecular complexity index is 858. The number of ether oxygens (including phenoxy) is 1. The Balaban J connectivity index is 1.45. The molecule has 1 N–H and O–H groups in total. The number of thioether (sulfide) groups is 1. The van der Waals surface area contributed by atoms with Crippen LogP contribution in [0.1, 0.15) is 12.0 Å². The summed E-state index contributed by atoms with van der Waals surface area (Å²) in [6, 6.07) is 8.71. The molecule has 7 heteroatoms. The molecule has 0 saturated carbocycles. The number of esters is 1. The number of terminal acetylenes is 1. The predicted octanol–water partition coefficient (Wildman–Crippen LogP) is 0.832. The Morgan fingerprint density at radius 3 is 2.85 bits per heavy atom. The van der Waals surface area contributed by atoms with Crippen molar-refractivity contribution in [1.29, 1.82) is 0 Å². The highest BCUT2D eigenvalue weighted by molar-refractivity contribution is 8.00. The smallest absolute Gasteiger partial charge is 0.355 e. The third-order valence-corrected chi connectivity index (χ3v) is 5.96. The molecule has 1 fully saturated rings. The molecule has 26 heavy (non-hydrogen) atoms. The second-order valence-electron chi connectivity index (χ2n) is 6.29. The molecule has 1 aromatic rings. The number of nitrogens with zero attached hydrogens (tertiary/aromatic N) is 1. The maximum Gasteiger partial charge on any atom is 0.355 e. The van der Waals surface area contributed by atoms with E-state index in [0.717, 1.165) is 11.1 Å². The van der Waals surface area contributed by atoms with E-state index in [4.69, 9.17) is 11.2 Å². The van der Waals surface area contributed by atoms with Crippen molar-refractivity contribution < 1.29 is 19.1 Å². The van der Waals surface area contributed by atoms with Crippen LogP contribution in [0.3, 0.4) is 0 Å². The van der Waals surface area contributed by atoms with Gasteiger partial charge in [-0.1, -0.05) is 30.3 Å². The molecule has 0 aliphatic carbocycles. The summed E-state index contributed by atoms with van der Waals surface area (Å²) >= 11 is 1.51. The molecule has 0 spiro atoms. The maximum atomic E-state index is 12.6. The highest BCUT2D eigenvalue weighted by Crippen LogP contribution is 2.44. The van der Waals surface area contributed by atoms with Gasteiger partial charge in [-0.15, -0.1) is 24.1 Å². The van der Waals surface area contributed by atoms with Crippen molar-refractivity contribution in [2.75, 3.05) is 5.75 Å². The van der Waals surface area contributed by atoms with Crippen LogP contribution in [0.25, 0.3) is 0 Å². The van der Waals surface area contributed by atoms with Gasteiger partial charge >= 0.3 is 5.97 Å². The molecule has 4 rings (SSSR count). The monoisotopic (exact) mass is 368 g/mol. The normalized spacial score (nSPS) is 26.4. The highest BCUT2D eigenvalue weighted by atomic mass is 32.2. The average molecular weight is 368 g/mol. The SMILES string of the molecule is C#CC[C@H]1OC(=O)C2=C1CS[C@@H]1[C@H](NC(=O)Cc3ccccc3)C(=O)N21. The van der Waals surface area contributed by atoms with Crippen molar-refractivity contribution in [1.82, 2.24) is 10.2 Å². The summed E-state index contributed by atoms with van der Waals surface area (Å²) in [5.74, 6) is 2.05. The minimum atomic E-state index is -0.621. The van der Waals surface area contributed by atoms with Gasteiger partial charge < -0.3 is 10.1 Å². The summed E-state index contributed by atoms with van der Waals surface area (Å²) in [7, 11) is 0. The third-order valence-electron chi connectivity index (χ3n) is 4.66. The van der Waals surface area contributed by atoms with E-state index in [-0.39, 0.29) is 23.6 Å². The van der Waals surface area contributed by atoms with E-state index in [1.807, 2.05) is 30.3 Å². The number of β-lactam (4-membered cyclic amide) rings is 1. The first-order valence-corrected chi connectivity index (χ1v) is 9.30. The lowest BCUT2D eigenvalue weighted by Gasteiger charge is -2.48. The van der Waals surface area contributed by atoms with Gasteiger partial charge in [0.15, 0.2) is 0 Å². The second-order valence-corrected chi connectivity index (χ2v) is 7.40. The number of benzene rings is 1. The van der Waals surface area contributed by atoms with Gasteiger partial charge in [-0.2, -0.15) is 0 Å². The fourth-order valence-corrected chi connectivity index (χ4v) is 4.82. The number of hydrogen-bond acceptors (Lipinski definition) is 5. The largest absolute Gasteiger partial charge is 0.452 e. The Morgan fingerprint density at radius 2 is 2.12 bits per heavy atom. The van der Waals surface area contributed by atoms with Gasteiger partial charge in [0.1, 0.15) is 23.2 Å². The Morgan fingerprint density at radius 1 is 1.35 bits per heavy atom. The van der Waals surface area contributed by atoms with Gasteiger partial charge in [-0.3, -0.25) is 14.5 Å². The fraction of sp³-hybridized carbons (Fsp3) is 0.316. The molecule has 0 radical (unpaired) electrons. The van der Waals surface area contributed by atoms with E-state index in [0.29, 0.717) is 17.9 Å². The number of cyclic esters (lactones) is 1. The van der Waals surface area contributed by atoms with E-state index in [9.17, 15) is 14.4 Å². The molecule has 0 unspecified atom stereocenters. The van der Waals surface area contributed by atoms with Crippen molar-refractivity contribution in [3.05, 3.63) is 47.2 Å². The van der Waals surface area contributed by atoms with Gasteiger partial charge in [-0.05, 0) is 5.56 Å². The zero-order valence-corrected chi connectivity index (χ0v) is 14.6. The minimum absolute atomic E-state index is 0.211. The molecule has 0 aromatic heterocycles. The lowest BCUT2D eigenvalue weighted by molar-refractivity contribution is -0.151. The number of amides is 2. The summed E-state index contributed by atoms with van der Waals surface area (Å²) < 4.78 is 5.29. The Labute approximate surface area is 154 Å². The Hall–Kier alpha value is -2.72. The summed E-state index contributed by atoms with van der Waals surface area (Å²) in [5.41, 5.74) is 1.97. The van der Waals surface area contributed by atoms with Crippen LogP contribution in [0.5, 0.6) is 0 Å². The fourth-order valence-electron chi connectivity index (χ4n) is 3.41. The molecule has 0 bridgehead atoms. The summed E-state index contributed by atoms with van der Waals surface area (Å²) in [6.07, 6.45) is 5.38. The number of hydrogen-bond donors (Lipinski definition) is 1. The summed E-state index contributed by atoms with van der Waals surface area (Å²) in [4.78, 5) is 38.4. The van der Waals surface area contributed by atoms with Crippen LogP contribution in [0.2, 0.25) is 0 Å². The van der Waals surface area contributed by atoms with Crippen molar-refractivity contribution in [3.8, 4) is 12.3 Å². The van der Waals surface area contributed by atoms with Crippen LogP contribution in [-0.2, 0) is 25.5 Å². The van der Waals surface area contributed by atoms with Crippen LogP contribution in [0, 0.1) is 12.3 Å². The molecule has 3 atom stereocenters. The van der Waals surface area contributed by atoms with Crippen molar-refractivity contribution >= 4 is 29.5 Å². The molecule has 2 amide bonds. The van der Waals surface area contributed by atoms with E-state index in [2.05, 4.69) is 11.2 Å². The number of carbonyl (C=O) groups is 3. The molecule has 3 heterocycles. The van der Waals surface area contributed by atoms with E-state index in [1.165, 1.54) is 16.7 Å². The molecule has 3 aliphatic heterocycles. The van der Waals surface area contributed by atoms with Gasteiger partial charge in [0.2, 0.25) is 5.91 Å². The van der Waals surface area contributed by atoms with E-state index in [1.54, 1.807) is 0 Å². The Kier molecular flexibility index (Phi) is 4.21. The molecule has 1 aromatic carbocycles. The molecular formula is C19H16N2O4S. The zero-order chi connectivity index (χ0) is 18.3. The van der Waals surface area contributed by atoms with Crippen LogP contribution in [0.4, 0.5) is 0 Å². The quantitative estimate of drug-likeness (QED) is 0.484. The highest BCUT2D eigenvalue weighted by Gasteiger charge is 2.57. The van der Waals surface area contributed by atoms with Crippen LogP contribution in [0.15, 0.2) is 41.6 Å². The lowest BCUT2D eigenvalue weighted by atomic mass is 10.0. The first kappa shape index (κ1) is 16.7. The predicted molar refractivity (Wildman–Crippen MR) is 95.5 cm³/mol. The average Bonchev–Trinajstić information content (AvgIpc) is 2.95. The van der Waals surface area contributed by atoms with Crippen LogP contribution < -0.4 is 5.32 Å². The van der Waals surface area contributed by atoms with Crippen LogP contribution in [-0.4, -0.2) is 46.0 Å². The van der Waals surface area contributed by atoms with Crippen molar-refractivity contribution in [2.24, 2.45) is 0 Å². The number of fused-ring (bicyclic) bond motifs is 2. The van der Waals surface area contributed by atoms with Crippen LogP contribution >= 0.6 is 11.8 Å². The molecule has 132 valence electrons. The van der Waals surface area contributed by atoms with Gasteiger partial charge in [0.25, 0.3) is 5.91 Å². The van der Waals surface area contributed by atoms with Crippen molar-refractivity contribution in [2.45, 2.75) is 30.4 Å². The van der Waals surface area contributed by atoms with Gasteiger partial charge in [0.05, 0.1) is 6.42 Å². The lowest BCUT2D eigenvalue weighted by Crippen LogP contribution is -2.70. The zero-order valence-electron chi connectivity index (χ0n) is 13.8. The summed E-state index contributed by atoms with van der Waals surface area (Å²) in [6.45, 7) is 0. The number of rotatable bonds is 4. The standard InChI is InChI=1S/C19H16N2O4S/c1-2-6-13-12-10-26-18-15(17(23)21(18)16(12)19(24)25-13)20-14(22)9-11-7-4-3-5-8-11/h1,3-5,7-8,13,15,18H,6,9-10H2,(H,20,22)/t13-,15-,18-/m1/s1. The molecule has 3 aliphatic rings. The first-order chi connectivity index (χ1) is 12.6. The number of carbonyl (C=O) groups excluding carboxylic acids is 3. The number of nitrogens with one attached hydrogen (secondary N) is 1. The van der Waals surface area contributed by atoms with Gasteiger partial charge in [0, 0.05) is 17.7 Å². The minimum Gasteiger partial charge on any atom is -0.452 e. The van der Waals surface area contributed by atoms with Gasteiger partial charge in [-0.25, -0.2) is 4.79 Å². The third kappa shape index (κ3) is 2.67. The summed E-state index contributed by atoms with van der Waals surface area (Å²) in [5, 5.41) is 2.51. The van der Waals surface area contributed by atoms with Crippen molar-refractivity contribution in [3.63, 3.8) is 0 Å². The topological polar surface area (TPSA) is 75.7 Å². The second kappa shape index (κ2) is 6.54. The first-order valence-electron chi connectivity index (χ1n) is 8.25.